The molecule has 0 amide bonds. The van der Waals surface area contributed by atoms with Crippen molar-refractivity contribution in [1.29, 1.82) is 0 Å². The molecule has 90 valence electrons. The van der Waals surface area contributed by atoms with Crippen molar-refractivity contribution in [3.8, 4) is 0 Å². The molecular weight excluding hydrogens is 210 g/mol. The van der Waals surface area contributed by atoms with Crippen molar-refractivity contribution in [2.24, 2.45) is 0 Å². The lowest BCUT2D eigenvalue weighted by atomic mass is 10.1. The second-order valence-electron chi connectivity index (χ2n) is 3.96. The number of rotatable bonds is 8. The molecule has 0 aliphatic heterocycles. The van der Waals surface area contributed by atoms with Crippen LogP contribution in [0.2, 0.25) is 0 Å². The Labute approximate surface area is 97.2 Å². The standard InChI is InChI=1S/C11H23NO2S/c1-5-10(8-15-4)12(3)9(2)6-7-11(13)14/h9-10H,5-8H2,1-4H3,(H,13,14). The first-order valence-electron chi connectivity index (χ1n) is 5.45. The highest BCUT2D eigenvalue weighted by atomic mass is 32.2. The number of thioether (sulfide) groups is 1. The quantitative estimate of drug-likeness (QED) is 0.698. The van der Waals surface area contributed by atoms with E-state index in [1.54, 1.807) is 0 Å². The molecule has 0 spiro atoms. The van der Waals surface area contributed by atoms with Gasteiger partial charge < -0.3 is 5.11 Å². The summed E-state index contributed by atoms with van der Waals surface area (Å²) in [5.74, 6) is 0.415. The Hall–Kier alpha value is -0.220. The normalized spacial score (nSPS) is 15.3. The second-order valence-corrected chi connectivity index (χ2v) is 4.88. The molecule has 4 heteroatoms. The summed E-state index contributed by atoms with van der Waals surface area (Å²) >= 11 is 1.85. The topological polar surface area (TPSA) is 40.5 Å². The lowest BCUT2D eigenvalue weighted by Gasteiger charge is -2.32. The van der Waals surface area contributed by atoms with E-state index in [-0.39, 0.29) is 6.42 Å². The van der Waals surface area contributed by atoms with Crippen molar-refractivity contribution >= 4 is 17.7 Å². The number of hydrogen-bond donors (Lipinski definition) is 1. The van der Waals surface area contributed by atoms with E-state index in [0.717, 1.165) is 18.6 Å². The molecule has 0 aromatic carbocycles. The molecule has 2 atom stereocenters. The van der Waals surface area contributed by atoms with Crippen LogP contribution in [0.4, 0.5) is 0 Å². The third-order valence-corrected chi connectivity index (χ3v) is 3.60. The van der Waals surface area contributed by atoms with Crippen LogP contribution < -0.4 is 0 Å². The maximum absolute atomic E-state index is 10.5. The van der Waals surface area contributed by atoms with Crippen LogP contribution in [0.25, 0.3) is 0 Å². The molecule has 0 aliphatic rings. The molecule has 0 rings (SSSR count). The zero-order valence-corrected chi connectivity index (χ0v) is 11.0. The monoisotopic (exact) mass is 233 g/mol. The van der Waals surface area contributed by atoms with E-state index in [2.05, 4.69) is 32.1 Å². The van der Waals surface area contributed by atoms with E-state index in [1.807, 2.05) is 11.8 Å². The second kappa shape index (κ2) is 7.99. The van der Waals surface area contributed by atoms with E-state index in [4.69, 9.17) is 5.11 Å². The van der Waals surface area contributed by atoms with Gasteiger partial charge in [-0.15, -0.1) is 0 Å². The summed E-state index contributed by atoms with van der Waals surface area (Å²) in [7, 11) is 2.09. The van der Waals surface area contributed by atoms with E-state index in [9.17, 15) is 4.79 Å². The summed E-state index contributed by atoms with van der Waals surface area (Å²) in [6.45, 7) is 4.28. The Morgan fingerprint density at radius 1 is 1.53 bits per heavy atom. The van der Waals surface area contributed by atoms with Gasteiger partial charge in [0.1, 0.15) is 0 Å². The minimum atomic E-state index is -0.701. The predicted molar refractivity (Wildman–Crippen MR) is 66.6 cm³/mol. The molecule has 0 saturated heterocycles. The van der Waals surface area contributed by atoms with Crippen molar-refractivity contribution in [3.63, 3.8) is 0 Å². The Bertz CT molecular complexity index is 187. The zero-order chi connectivity index (χ0) is 11.8. The molecule has 0 aromatic heterocycles. The summed E-state index contributed by atoms with van der Waals surface area (Å²) in [6, 6.07) is 0.905. The molecule has 0 radical (unpaired) electrons. The van der Waals surface area contributed by atoms with Gasteiger partial charge in [0.05, 0.1) is 0 Å². The van der Waals surface area contributed by atoms with Gasteiger partial charge in [-0.25, -0.2) is 0 Å². The van der Waals surface area contributed by atoms with Gasteiger partial charge in [0, 0.05) is 24.3 Å². The van der Waals surface area contributed by atoms with Crippen LogP contribution in [0.5, 0.6) is 0 Å². The maximum Gasteiger partial charge on any atom is 0.303 e. The summed E-state index contributed by atoms with van der Waals surface area (Å²) in [6.07, 6.45) is 4.23. The number of nitrogens with zero attached hydrogens (tertiary/aromatic N) is 1. The molecular formula is C11H23NO2S. The Kier molecular flexibility index (Phi) is 7.88. The first kappa shape index (κ1) is 14.8. The van der Waals surface area contributed by atoms with Crippen molar-refractivity contribution < 1.29 is 9.90 Å². The summed E-state index contributed by atoms with van der Waals surface area (Å²) in [5.41, 5.74) is 0. The van der Waals surface area contributed by atoms with Crippen LogP contribution in [-0.4, -0.2) is 47.1 Å². The van der Waals surface area contributed by atoms with Crippen LogP contribution in [0.1, 0.15) is 33.1 Å². The van der Waals surface area contributed by atoms with E-state index >= 15 is 0 Å². The Morgan fingerprint density at radius 2 is 2.13 bits per heavy atom. The number of hydrogen-bond acceptors (Lipinski definition) is 3. The van der Waals surface area contributed by atoms with Gasteiger partial charge in [-0.1, -0.05) is 6.92 Å². The number of carbonyl (C=O) groups is 1. The smallest absolute Gasteiger partial charge is 0.303 e. The number of carboxylic acid groups (broad SMARTS) is 1. The van der Waals surface area contributed by atoms with Gasteiger partial charge in [0.2, 0.25) is 0 Å². The van der Waals surface area contributed by atoms with Gasteiger partial charge in [0.25, 0.3) is 0 Å². The summed E-state index contributed by atoms with van der Waals surface area (Å²) in [4.78, 5) is 12.8. The third-order valence-electron chi connectivity index (χ3n) is 2.88. The average Bonchev–Trinajstić information content (AvgIpc) is 2.21. The molecule has 0 saturated carbocycles. The fourth-order valence-electron chi connectivity index (χ4n) is 1.61. The Balaban J connectivity index is 4.02. The molecule has 0 fully saturated rings. The molecule has 0 aliphatic carbocycles. The van der Waals surface area contributed by atoms with Gasteiger partial charge in [-0.3, -0.25) is 9.69 Å². The van der Waals surface area contributed by atoms with Crippen molar-refractivity contribution in [3.05, 3.63) is 0 Å². The molecule has 1 N–H and O–H groups in total. The minimum absolute atomic E-state index is 0.265. The summed E-state index contributed by atoms with van der Waals surface area (Å²) in [5, 5.41) is 8.62. The van der Waals surface area contributed by atoms with Gasteiger partial charge in [0.15, 0.2) is 0 Å². The largest absolute Gasteiger partial charge is 0.481 e. The van der Waals surface area contributed by atoms with Crippen LogP contribution >= 0.6 is 11.8 Å². The van der Waals surface area contributed by atoms with Gasteiger partial charge >= 0.3 is 5.97 Å². The van der Waals surface area contributed by atoms with Gasteiger partial charge in [-0.05, 0) is 33.1 Å². The van der Waals surface area contributed by atoms with Crippen LogP contribution in [-0.2, 0) is 4.79 Å². The van der Waals surface area contributed by atoms with E-state index in [0.29, 0.717) is 12.1 Å². The molecule has 0 heterocycles. The highest BCUT2D eigenvalue weighted by molar-refractivity contribution is 7.98. The number of aliphatic carboxylic acids is 1. The van der Waals surface area contributed by atoms with E-state index < -0.39 is 5.97 Å². The zero-order valence-electron chi connectivity index (χ0n) is 10.2. The highest BCUT2D eigenvalue weighted by Crippen LogP contribution is 2.14. The lowest BCUT2D eigenvalue weighted by molar-refractivity contribution is -0.137. The first-order chi connectivity index (χ1) is 7.02. The summed E-state index contributed by atoms with van der Waals surface area (Å²) < 4.78 is 0. The molecule has 2 unspecified atom stereocenters. The molecule has 0 bridgehead atoms. The lowest BCUT2D eigenvalue weighted by Crippen LogP contribution is -2.40. The molecule has 3 nitrogen and oxygen atoms in total. The predicted octanol–water partition coefficient (Wildman–Crippen LogP) is 2.31. The van der Waals surface area contributed by atoms with Crippen molar-refractivity contribution in [2.75, 3.05) is 19.1 Å². The molecule has 15 heavy (non-hydrogen) atoms. The van der Waals surface area contributed by atoms with Crippen LogP contribution in [0, 0.1) is 0 Å². The first-order valence-corrected chi connectivity index (χ1v) is 6.84. The highest BCUT2D eigenvalue weighted by Gasteiger charge is 2.18. The van der Waals surface area contributed by atoms with E-state index in [1.165, 1.54) is 0 Å². The Morgan fingerprint density at radius 3 is 2.53 bits per heavy atom. The molecule has 0 aromatic rings. The van der Waals surface area contributed by atoms with Crippen molar-refractivity contribution in [2.45, 2.75) is 45.2 Å². The minimum Gasteiger partial charge on any atom is -0.481 e. The third kappa shape index (κ3) is 6.05. The average molecular weight is 233 g/mol. The fourth-order valence-corrected chi connectivity index (χ4v) is 2.47. The SMILES string of the molecule is CCC(CSC)N(C)C(C)CCC(=O)O. The fraction of sp³-hybridized carbons (Fsp3) is 0.909. The van der Waals surface area contributed by atoms with Gasteiger partial charge in [-0.2, -0.15) is 11.8 Å². The number of carboxylic acids is 1. The maximum atomic E-state index is 10.5. The van der Waals surface area contributed by atoms with Crippen LogP contribution in [0.15, 0.2) is 0 Å². The van der Waals surface area contributed by atoms with Crippen LogP contribution in [0.3, 0.4) is 0 Å². The van der Waals surface area contributed by atoms with Crippen molar-refractivity contribution in [1.82, 2.24) is 4.90 Å².